The smallest absolute Gasteiger partial charge is 0.191 e. The predicted molar refractivity (Wildman–Crippen MR) is 119 cm³/mol. The van der Waals surface area contributed by atoms with Crippen LogP contribution in [-0.4, -0.2) is 50.3 Å². The number of benzene rings is 1. The number of fused-ring (bicyclic) bond motifs is 1. The van der Waals surface area contributed by atoms with Crippen molar-refractivity contribution in [2.45, 2.75) is 25.0 Å². The minimum absolute atomic E-state index is 0. The van der Waals surface area contributed by atoms with Gasteiger partial charge in [0.05, 0.1) is 5.02 Å². The lowest BCUT2D eigenvalue weighted by Crippen LogP contribution is -2.43. The fraction of sp³-hybridized carbons (Fsp3) is 0.588. The Morgan fingerprint density at radius 3 is 2.68 bits per heavy atom. The van der Waals surface area contributed by atoms with Crippen LogP contribution in [0.25, 0.3) is 0 Å². The van der Waals surface area contributed by atoms with Gasteiger partial charge in [-0.15, -0.1) is 24.0 Å². The molecule has 0 amide bonds. The van der Waals surface area contributed by atoms with E-state index in [-0.39, 0.29) is 28.7 Å². The molecule has 0 radical (unpaired) electrons. The van der Waals surface area contributed by atoms with Crippen molar-refractivity contribution >= 4 is 53.3 Å². The molecule has 0 aromatic heterocycles. The zero-order valence-electron chi connectivity index (χ0n) is 15.1. The van der Waals surface area contributed by atoms with E-state index >= 15 is 0 Å². The van der Waals surface area contributed by atoms with Crippen LogP contribution in [0, 0.1) is 0 Å². The van der Waals surface area contributed by atoms with Crippen LogP contribution in [0.4, 0.5) is 0 Å². The lowest BCUT2D eigenvalue weighted by Gasteiger charge is -2.24. The van der Waals surface area contributed by atoms with Crippen LogP contribution in [0.1, 0.15) is 19.4 Å². The topological polar surface area (TPSA) is 54.9 Å². The molecule has 0 spiro atoms. The summed E-state index contributed by atoms with van der Waals surface area (Å²) in [5.41, 5.74) is 1.11. The van der Waals surface area contributed by atoms with Crippen LogP contribution < -0.4 is 20.1 Å². The second-order valence-electron chi connectivity index (χ2n) is 6.17. The van der Waals surface area contributed by atoms with Gasteiger partial charge in [0.2, 0.25) is 0 Å². The number of thioether (sulfide) groups is 1. The zero-order valence-corrected chi connectivity index (χ0v) is 19.1. The SMILES string of the molecule is CN=C(NCCc1cc(Cl)c2c(c1)OCCO2)NCC(C)(C)SC.I. The van der Waals surface area contributed by atoms with E-state index in [9.17, 15) is 0 Å². The number of ether oxygens (including phenoxy) is 2. The van der Waals surface area contributed by atoms with Gasteiger partial charge in [-0.25, -0.2) is 0 Å². The number of hydrogen-bond donors (Lipinski definition) is 2. The van der Waals surface area contributed by atoms with E-state index in [0.29, 0.717) is 24.0 Å². The Bertz CT molecular complexity index is 600. The number of guanidine groups is 1. The molecular weight excluding hydrogens is 473 g/mol. The van der Waals surface area contributed by atoms with Crippen LogP contribution >= 0.6 is 47.3 Å². The summed E-state index contributed by atoms with van der Waals surface area (Å²) < 4.78 is 11.3. The van der Waals surface area contributed by atoms with Crippen molar-refractivity contribution in [3.8, 4) is 11.5 Å². The number of hydrogen-bond acceptors (Lipinski definition) is 4. The van der Waals surface area contributed by atoms with Gasteiger partial charge in [0.15, 0.2) is 17.5 Å². The molecule has 0 saturated heterocycles. The number of rotatable bonds is 6. The Morgan fingerprint density at radius 1 is 1.28 bits per heavy atom. The summed E-state index contributed by atoms with van der Waals surface area (Å²) in [5.74, 6) is 2.19. The third kappa shape index (κ3) is 6.94. The average molecular weight is 500 g/mol. The van der Waals surface area contributed by atoms with Crippen molar-refractivity contribution in [2.24, 2.45) is 4.99 Å². The first-order valence-electron chi connectivity index (χ1n) is 8.03. The van der Waals surface area contributed by atoms with Gasteiger partial charge in [-0.2, -0.15) is 11.8 Å². The third-order valence-electron chi connectivity index (χ3n) is 3.82. The Labute approximate surface area is 176 Å². The average Bonchev–Trinajstić information content (AvgIpc) is 2.58. The van der Waals surface area contributed by atoms with E-state index in [0.717, 1.165) is 36.8 Å². The highest BCUT2D eigenvalue weighted by Gasteiger charge is 2.17. The molecule has 2 N–H and O–H groups in total. The van der Waals surface area contributed by atoms with Crippen molar-refractivity contribution in [1.82, 2.24) is 10.6 Å². The Balaban J connectivity index is 0.00000312. The van der Waals surface area contributed by atoms with Crippen LogP contribution in [0.5, 0.6) is 11.5 Å². The summed E-state index contributed by atoms with van der Waals surface area (Å²) in [6, 6.07) is 3.93. The molecule has 1 aromatic carbocycles. The number of nitrogens with zero attached hydrogens (tertiary/aromatic N) is 1. The molecule has 0 saturated carbocycles. The first-order chi connectivity index (χ1) is 11.4. The van der Waals surface area contributed by atoms with Gasteiger partial charge in [0.1, 0.15) is 13.2 Å². The summed E-state index contributed by atoms with van der Waals surface area (Å²) in [4.78, 5) is 4.26. The molecule has 1 aliphatic heterocycles. The van der Waals surface area contributed by atoms with Gasteiger partial charge in [-0.1, -0.05) is 11.6 Å². The van der Waals surface area contributed by atoms with Crippen molar-refractivity contribution < 1.29 is 9.47 Å². The van der Waals surface area contributed by atoms with Crippen molar-refractivity contribution in [1.29, 1.82) is 0 Å². The lowest BCUT2D eigenvalue weighted by atomic mass is 10.1. The van der Waals surface area contributed by atoms with Crippen molar-refractivity contribution in [3.05, 3.63) is 22.7 Å². The quantitative estimate of drug-likeness (QED) is 0.356. The molecule has 0 aliphatic carbocycles. The molecular formula is C17H27ClIN3O2S. The first kappa shape index (κ1) is 22.5. The molecule has 142 valence electrons. The minimum Gasteiger partial charge on any atom is -0.486 e. The molecule has 1 aliphatic rings. The molecule has 0 fully saturated rings. The van der Waals surface area contributed by atoms with Gasteiger partial charge in [-0.05, 0) is 44.2 Å². The van der Waals surface area contributed by atoms with E-state index in [1.54, 1.807) is 7.05 Å². The second-order valence-corrected chi connectivity index (χ2v) is 8.09. The summed E-state index contributed by atoms with van der Waals surface area (Å²) >= 11 is 8.10. The maximum Gasteiger partial charge on any atom is 0.191 e. The second kappa shape index (κ2) is 10.6. The molecule has 1 aromatic rings. The summed E-state index contributed by atoms with van der Waals surface area (Å²) in [6.07, 6.45) is 2.94. The van der Waals surface area contributed by atoms with Crippen LogP contribution in [0.2, 0.25) is 5.02 Å². The van der Waals surface area contributed by atoms with Crippen molar-refractivity contribution in [3.63, 3.8) is 0 Å². The Morgan fingerprint density at radius 2 is 2.00 bits per heavy atom. The molecule has 2 rings (SSSR count). The van der Waals surface area contributed by atoms with E-state index in [4.69, 9.17) is 21.1 Å². The lowest BCUT2D eigenvalue weighted by molar-refractivity contribution is 0.171. The Hall–Kier alpha value is -0.540. The predicted octanol–water partition coefficient (Wildman–Crippen LogP) is 3.58. The van der Waals surface area contributed by atoms with Gasteiger partial charge >= 0.3 is 0 Å². The molecule has 25 heavy (non-hydrogen) atoms. The van der Waals surface area contributed by atoms with E-state index in [2.05, 4.69) is 35.7 Å². The molecule has 0 bridgehead atoms. The molecule has 8 heteroatoms. The van der Waals surface area contributed by atoms with Gasteiger partial charge < -0.3 is 20.1 Å². The van der Waals surface area contributed by atoms with Gasteiger partial charge in [0.25, 0.3) is 0 Å². The number of halogens is 2. The Kier molecular flexibility index (Phi) is 9.51. The van der Waals surface area contributed by atoms with Crippen LogP contribution in [0.15, 0.2) is 17.1 Å². The molecule has 0 atom stereocenters. The monoisotopic (exact) mass is 499 g/mol. The summed E-state index contributed by atoms with van der Waals surface area (Å²) in [6.45, 7) is 7.12. The normalized spacial score (nSPS) is 13.9. The van der Waals surface area contributed by atoms with Gasteiger partial charge in [-0.3, -0.25) is 4.99 Å². The molecule has 0 unspecified atom stereocenters. The molecule has 1 heterocycles. The van der Waals surface area contributed by atoms with E-state index in [1.165, 1.54) is 0 Å². The highest BCUT2D eigenvalue weighted by molar-refractivity contribution is 14.0. The standard InChI is InChI=1S/C17H26ClN3O2S.HI/c1-17(2,24-4)11-21-16(19-3)20-6-5-12-9-13(18)15-14(10-12)22-7-8-23-15;/h9-10H,5-8,11H2,1-4H3,(H2,19,20,21);1H. The highest BCUT2D eigenvalue weighted by atomic mass is 127. The third-order valence-corrected chi connectivity index (χ3v) is 5.35. The van der Waals surface area contributed by atoms with E-state index in [1.807, 2.05) is 23.9 Å². The zero-order chi connectivity index (χ0) is 17.6. The minimum atomic E-state index is 0. The van der Waals surface area contributed by atoms with E-state index < -0.39 is 0 Å². The molecule has 5 nitrogen and oxygen atoms in total. The van der Waals surface area contributed by atoms with Crippen molar-refractivity contribution in [2.75, 3.05) is 39.6 Å². The number of nitrogens with one attached hydrogen (secondary N) is 2. The highest BCUT2D eigenvalue weighted by Crippen LogP contribution is 2.38. The number of aliphatic imine (C=N–C) groups is 1. The maximum absolute atomic E-state index is 6.27. The maximum atomic E-state index is 6.27. The van der Waals surface area contributed by atoms with Gasteiger partial charge in [0, 0.05) is 24.9 Å². The largest absolute Gasteiger partial charge is 0.486 e. The fourth-order valence-corrected chi connectivity index (χ4v) is 2.73. The first-order valence-corrected chi connectivity index (χ1v) is 9.63. The van der Waals surface area contributed by atoms with Crippen LogP contribution in [0.3, 0.4) is 0 Å². The summed E-state index contributed by atoms with van der Waals surface area (Å²) in [7, 11) is 1.78. The van der Waals surface area contributed by atoms with Crippen LogP contribution in [-0.2, 0) is 6.42 Å². The summed E-state index contributed by atoms with van der Waals surface area (Å²) in [5, 5.41) is 7.29. The fourth-order valence-electron chi connectivity index (χ4n) is 2.22.